The first-order valence-corrected chi connectivity index (χ1v) is 6.15. The number of Topliss-reactive ketones (excluding diaryl/α,β-unsaturated/α-hetero) is 1. The van der Waals surface area contributed by atoms with Gasteiger partial charge in [0.15, 0.2) is 0 Å². The fraction of sp³-hybridized carbons (Fsp3) is 0.500. The van der Waals surface area contributed by atoms with Gasteiger partial charge < -0.3 is 9.64 Å². The van der Waals surface area contributed by atoms with Crippen LogP contribution in [0.3, 0.4) is 0 Å². The van der Waals surface area contributed by atoms with Gasteiger partial charge in [-0.15, -0.1) is 0 Å². The van der Waals surface area contributed by atoms with E-state index in [0.717, 1.165) is 44.6 Å². The molecule has 1 heterocycles. The highest BCUT2D eigenvalue weighted by Gasteiger charge is 2.15. The van der Waals surface area contributed by atoms with Gasteiger partial charge in [0.2, 0.25) is 0 Å². The van der Waals surface area contributed by atoms with E-state index in [1.807, 2.05) is 12.1 Å². The van der Waals surface area contributed by atoms with E-state index in [1.54, 1.807) is 7.11 Å². The largest absolute Gasteiger partial charge is 0.497 e. The molecule has 1 aliphatic heterocycles. The Labute approximate surface area is 102 Å². The van der Waals surface area contributed by atoms with Gasteiger partial charge in [-0.05, 0) is 24.1 Å². The van der Waals surface area contributed by atoms with E-state index in [2.05, 4.69) is 17.0 Å². The van der Waals surface area contributed by atoms with Crippen LogP contribution in [0.2, 0.25) is 0 Å². The molecule has 1 saturated heterocycles. The molecule has 1 aromatic rings. The summed E-state index contributed by atoms with van der Waals surface area (Å²) in [5.41, 5.74) is 1.32. The summed E-state index contributed by atoms with van der Waals surface area (Å²) < 4.78 is 5.13. The maximum atomic E-state index is 11.1. The van der Waals surface area contributed by atoms with Crippen molar-refractivity contribution in [2.24, 2.45) is 0 Å². The molecule has 0 aromatic heterocycles. The number of carbonyl (C=O) groups is 1. The van der Waals surface area contributed by atoms with Crippen LogP contribution in [0.4, 0.5) is 0 Å². The molecule has 1 aliphatic rings. The molecule has 0 amide bonds. The Balaban J connectivity index is 1.79. The highest BCUT2D eigenvalue weighted by atomic mass is 16.5. The van der Waals surface area contributed by atoms with Crippen LogP contribution in [0.1, 0.15) is 18.4 Å². The first-order valence-electron chi connectivity index (χ1n) is 6.15. The highest BCUT2D eigenvalue weighted by Crippen LogP contribution is 2.13. The van der Waals surface area contributed by atoms with Crippen molar-refractivity contribution in [3.8, 4) is 5.75 Å². The number of likely N-dealkylation sites (tertiary alicyclic amines) is 1. The molecular formula is C14H19NO2. The van der Waals surface area contributed by atoms with E-state index < -0.39 is 0 Å². The Bertz CT molecular complexity index is 362. The predicted octanol–water partition coefficient (Wildman–Crippen LogP) is 1.90. The van der Waals surface area contributed by atoms with Crippen LogP contribution in [-0.4, -0.2) is 37.4 Å². The lowest BCUT2D eigenvalue weighted by molar-refractivity contribution is -0.121. The highest BCUT2D eigenvalue weighted by molar-refractivity contribution is 5.79. The van der Waals surface area contributed by atoms with Crippen LogP contribution in [0.5, 0.6) is 5.75 Å². The summed E-state index contributed by atoms with van der Waals surface area (Å²) in [7, 11) is 1.68. The van der Waals surface area contributed by atoms with Crippen LogP contribution in [0.25, 0.3) is 0 Å². The average Bonchev–Trinajstić information content (AvgIpc) is 2.39. The Hall–Kier alpha value is -1.35. The number of hydrogen-bond acceptors (Lipinski definition) is 3. The summed E-state index contributed by atoms with van der Waals surface area (Å²) in [5, 5.41) is 0. The van der Waals surface area contributed by atoms with Gasteiger partial charge in [-0.3, -0.25) is 4.79 Å². The van der Waals surface area contributed by atoms with Crippen molar-refractivity contribution in [1.82, 2.24) is 4.90 Å². The molecule has 3 heteroatoms. The van der Waals surface area contributed by atoms with Gasteiger partial charge in [0.05, 0.1) is 7.11 Å². The second kappa shape index (κ2) is 5.82. The molecule has 0 atom stereocenters. The normalized spacial score (nSPS) is 17.1. The number of benzene rings is 1. The molecule has 0 bridgehead atoms. The molecule has 17 heavy (non-hydrogen) atoms. The monoisotopic (exact) mass is 233 g/mol. The predicted molar refractivity (Wildman–Crippen MR) is 67.4 cm³/mol. The first kappa shape index (κ1) is 12.1. The molecular weight excluding hydrogens is 214 g/mol. The summed E-state index contributed by atoms with van der Waals surface area (Å²) in [5.74, 6) is 1.31. The summed E-state index contributed by atoms with van der Waals surface area (Å²) in [6.45, 7) is 2.89. The Morgan fingerprint density at radius 2 is 1.82 bits per heavy atom. The summed E-state index contributed by atoms with van der Waals surface area (Å²) in [6.07, 6.45) is 2.49. The van der Waals surface area contributed by atoms with Gasteiger partial charge in [-0.1, -0.05) is 12.1 Å². The quantitative estimate of drug-likeness (QED) is 0.795. The van der Waals surface area contributed by atoms with Gasteiger partial charge in [0.1, 0.15) is 11.5 Å². The third-order valence-corrected chi connectivity index (χ3v) is 3.29. The van der Waals surface area contributed by atoms with Crippen molar-refractivity contribution in [3.63, 3.8) is 0 Å². The summed E-state index contributed by atoms with van der Waals surface area (Å²) in [4.78, 5) is 13.5. The number of nitrogens with zero attached hydrogens (tertiary/aromatic N) is 1. The standard InChI is InChI=1S/C14H19NO2/c1-17-14-4-2-12(3-5-14)6-9-15-10-7-13(16)8-11-15/h2-5H,6-11H2,1H3. The number of piperidine rings is 1. The zero-order chi connectivity index (χ0) is 12.1. The van der Waals surface area contributed by atoms with Crippen LogP contribution in [0, 0.1) is 0 Å². The number of carbonyl (C=O) groups excluding carboxylic acids is 1. The van der Waals surface area contributed by atoms with Crippen molar-refractivity contribution in [3.05, 3.63) is 29.8 Å². The fourth-order valence-electron chi connectivity index (χ4n) is 2.11. The van der Waals surface area contributed by atoms with Crippen LogP contribution >= 0.6 is 0 Å². The van der Waals surface area contributed by atoms with Gasteiger partial charge in [-0.25, -0.2) is 0 Å². The second-order valence-corrected chi connectivity index (χ2v) is 4.48. The molecule has 1 fully saturated rings. The molecule has 0 aliphatic carbocycles. The minimum atomic E-state index is 0.408. The van der Waals surface area contributed by atoms with Crippen LogP contribution in [-0.2, 0) is 11.2 Å². The Morgan fingerprint density at radius 3 is 2.41 bits per heavy atom. The van der Waals surface area contributed by atoms with E-state index in [0.29, 0.717) is 5.78 Å². The van der Waals surface area contributed by atoms with Crippen molar-refractivity contribution in [2.75, 3.05) is 26.7 Å². The van der Waals surface area contributed by atoms with E-state index >= 15 is 0 Å². The fourth-order valence-corrected chi connectivity index (χ4v) is 2.11. The minimum absolute atomic E-state index is 0.408. The van der Waals surface area contributed by atoms with E-state index in [9.17, 15) is 4.79 Å². The summed E-state index contributed by atoms with van der Waals surface area (Å²) in [6, 6.07) is 8.20. The minimum Gasteiger partial charge on any atom is -0.497 e. The number of hydrogen-bond donors (Lipinski definition) is 0. The zero-order valence-electron chi connectivity index (χ0n) is 10.3. The van der Waals surface area contributed by atoms with Crippen molar-refractivity contribution >= 4 is 5.78 Å². The Morgan fingerprint density at radius 1 is 1.18 bits per heavy atom. The molecule has 0 unspecified atom stereocenters. The topological polar surface area (TPSA) is 29.5 Å². The molecule has 3 nitrogen and oxygen atoms in total. The van der Waals surface area contributed by atoms with E-state index in [-0.39, 0.29) is 0 Å². The molecule has 92 valence electrons. The van der Waals surface area contributed by atoms with Crippen LogP contribution in [0.15, 0.2) is 24.3 Å². The van der Waals surface area contributed by atoms with E-state index in [4.69, 9.17) is 4.74 Å². The lowest BCUT2D eigenvalue weighted by Gasteiger charge is -2.25. The zero-order valence-corrected chi connectivity index (χ0v) is 10.3. The number of rotatable bonds is 4. The lowest BCUT2D eigenvalue weighted by atomic mass is 10.1. The maximum Gasteiger partial charge on any atom is 0.135 e. The molecule has 0 radical (unpaired) electrons. The third kappa shape index (κ3) is 3.56. The lowest BCUT2D eigenvalue weighted by Crippen LogP contribution is -2.35. The molecule has 0 spiro atoms. The Kier molecular flexibility index (Phi) is 4.15. The second-order valence-electron chi connectivity index (χ2n) is 4.48. The maximum absolute atomic E-state index is 11.1. The summed E-state index contributed by atoms with van der Waals surface area (Å²) >= 11 is 0. The molecule has 2 rings (SSSR count). The van der Waals surface area contributed by atoms with Crippen molar-refractivity contribution < 1.29 is 9.53 Å². The molecule has 0 saturated carbocycles. The number of methoxy groups -OCH3 is 1. The number of ether oxygens (including phenoxy) is 1. The first-order chi connectivity index (χ1) is 8.28. The molecule has 0 N–H and O–H groups in total. The van der Waals surface area contributed by atoms with Crippen LogP contribution < -0.4 is 4.74 Å². The van der Waals surface area contributed by atoms with Crippen molar-refractivity contribution in [2.45, 2.75) is 19.3 Å². The average molecular weight is 233 g/mol. The van der Waals surface area contributed by atoms with Crippen molar-refractivity contribution in [1.29, 1.82) is 0 Å². The van der Waals surface area contributed by atoms with Gasteiger partial charge in [0, 0.05) is 32.5 Å². The molecule has 1 aromatic carbocycles. The third-order valence-electron chi connectivity index (χ3n) is 3.29. The SMILES string of the molecule is COc1ccc(CCN2CCC(=O)CC2)cc1. The van der Waals surface area contributed by atoms with Gasteiger partial charge in [-0.2, -0.15) is 0 Å². The number of ketones is 1. The smallest absolute Gasteiger partial charge is 0.135 e. The van der Waals surface area contributed by atoms with Gasteiger partial charge >= 0.3 is 0 Å². The van der Waals surface area contributed by atoms with E-state index in [1.165, 1.54) is 5.56 Å². The van der Waals surface area contributed by atoms with Gasteiger partial charge in [0.25, 0.3) is 0 Å².